The zero-order valence-corrected chi connectivity index (χ0v) is 17.0. The molecule has 1 saturated carbocycles. The van der Waals surface area contributed by atoms with Crippen LogP contribution in [0.2, 0.25) is 0 Å². The van der Waals surface area contributed by atoms with Crippen molar-refractivity contribution in [1.29, 1.82) is 0 Å². The van der Waals surface area contributed by atoms with Gasteiger partial charge in [-0.3, -0.25) is 4.79 Å². The second kappa shape index (κ2) is 7.19. The highest BCUT2D eigenvalue weighted by molar-refractivity contribution is 6.10. The van der Waals surface area contributed by atoms with Crippen molar-refractivity contribution in [3.05, 3.63) is 59.6 Å². The van der Waals surface area contributed by atoms with Crippen LogP contribution in [0.3, 0.4) is 0 Å². The fourth-order valence-corrected chi connectivity index (χ4v) is 3.45. The summed E-state index contributed by atoms with van der Waals surface area (Å²) in [4.78, 5) is 21.5. The molecule has 9 heteroatoms. The number of halogens is 1. The van der Waals surface area contributed by atoms with E-state index in [1.165, 1.54) is 18.5 Å². The maximum Gasteiger partial charge on any atom is 0.256 e. The molecule has 3 heterocycles. The number of carbonyl (C=O) groups excluding carboxylic acids is 1. The summed E-state index contributed by atoms with van der Waals surface area (Å²) in [7, 11) is 0. The lowest BCUT2D eigenvalue weighted by Crippen LogP contribution is -2.24. The molecule has 0 bridgehead atoms. The number of hydrogen-bond donors (Lipinski definition) is 2. The normalized spacial score (nSPS) is 14.5. The molecule has 5 rings (SSSR count). The van der Waals surface area contributed by atoms with E-state index in [9.17, 15) is 9.18 Å². The Balaban J connectivity index is 1.37. The SMILES string of the molecule is Cc1oc2ncnc(NC3(C)CC3)c2c1C(=O)NCc1cc(-c2cccc(F)c2)no1. The van der Waals surface area contributed by atoms with Gasteiger partial charge in [0.15, 0.2) is 5.76 Å². The number of nitrogens with zero attached hydrogens (tertiary/aromatic N) is 3. The maximum atomic E-state index is 13.4. The van der Waals surface area contributed by atoms with Crippen LogP contribution in [0, 0.1) is 12.7 Å². The summed E-state index contributed by atoms with van der Waals surface area (Å²) in [6, 6.07) is 7.73. The molecule has 1 fully saturated rings. The second-order valence-corrected chi connectivity index (χ2v) is 7.99. The van der Waals surface area contributed by atoms with Crippen LogP contribution in [-0.2, 0) is 6.54 Å². The van der Waals surface area contributed by atoms with Crippen LogP contribution in [0.1, 0.15) is 41.6 Å². The molecule has 0 aliphatic heterocycles. The average Bonchev–Trinajstić information content (AvgIpc) is 3.14. The average molecular weight is 421 g/mol. The molecule has 2 N–H and O–H groups in total. The van der Waals surface area contributed by atoms with Crippen molar-refractivity contribution in [2.24, 2.45) is 0 Å². The van der Waals surface area contributed by atoms with Crippen molar-refractivity contribution in [3.8, 4) is 11.3 Å². The fraction of sp³-hybridized carbons (Fsp3) is 0.273. The Bertz CT molecular complexity index is 1290. The smallest absolute Gasteiger partial charge is 0.256 e. The van der Waals surface area contributed by atoms with Gasteiger partial charge in [-0.15, -0.1) is 0 Å². The summed E-state index contributed by atoms with van der Waals surface area (Å²) in [6.45, 7) is 3.94. The van der Waals surface area contributed by atoms with E-state index in [4.69, 9.17) is 8.94 Å². The molecule has 0 saturated heterocycles. The number of benzene rings is 1. The molecule has 0 unspecified atom stereocenters. The highest BCUT2D eigenvalue weighted by Gasteiger charge is 2.38. The van der Waals surface area contributed by atoms with Crippen LogP contribution in [-0.4, -0.2) is 26.6 Å². The fourth-order valence-electron chi connectivity index (χ4n) is 3.45. The number of aryl methyl sites for hydroxylation is 1. The number of amides is 1. The predicted octanol–water partition coefficient (Wildman–Crippen LogP) is 4.22. The van der Waals surface area contributed by atoms with Gasteiger partial charge in [0.1, 0.15) is 29.4 Å². The Morgan fingerprint density at radius 1 is 1.26 bits per heavy atom. The Labute approximate surface area is 176 Å². The standard InChI is InChI=1S/C22H20FN5O3/c1-12-17(18-19(27-22(2)6-7-22)25-11-26-21(18)30-12)20(29)24-10-15-9-16(28-31-15)13-4-3-5-14(23)8-13/h3-5,8-9,11H,6-7,10H2,1-2H3,(H,24,29)(H,25,26,27). The van der Waals surface area contributed by atoms with Crippen molar-refractivity contribution in [1.82, 2.24) is 20.4 Å². The number of anilines is 1. The van der Waals surface area contributed by atoms with Crippen molar-refractivity contribution in [2.75, 3.05) is 5.32 Å². The Morgan fingerprint density at radius 3 is 2.87 bits per heavy atom. The molecule has 0 radical (unpaired) electrons. The number of nitrogens with one attached hydrogen (secondary N) is 2. The first-order chi connectivity index (χ1) is 14.9. The molecular formula is C22H20FN5O3. The van der Waals surface area contributed by atoms with E-state index in [0.717, 1.165) is 12.8 Å². The molecule has 0 spiro atoms. The van der Waals surface area contributed by atoms with Crippen molar-refractivity contribution >= 4 is 22.8 Å². The summed E-state index contributed by atoms with van der Waals surface area (Å²) in [5.41, 5.74) is 1.81. The maximum absolute atomic E-state index is 13.4. The lowest BCUT2D eigenvalue weighted by Gasteiger charge is -2.13. The molecule has 3 aromatic heterocycles. The third-order valence-electron chi connectivity index (χ3n) is 5.41. The van der Waals surface area contributed by atoms with E-state index < -0.39 is 0 Å². The molecule has 1 aliphatic rings. The Hall–Kier alpha value is -3.75. The van der Waals surface area contributed by atoms with Gasteiger partial charge in [-0.25, -0.2) is 14.4 Å². The first kappa shape index (κ1) is 19.2. The summed E-state index contributed by atoms with van der Waals surface area (Å²) >= 11 is 0. The highest BCUT2D eigenvalue weighted by Crippen LogP contribution is 2.40. The molecule has 1 aromatic carbocycles. The van der Waals surface area contributed by atoms with Gasteiger partial charge >= 0.3 is 0 Å². The zero-order valence-electron chi connectivity index (χ0n) is 17.0. The van der Waals surface area contributed by atoms with Crippen LogP contribution in [0.25, 0.3) is 22.4 Å². The third kappa shape index (κ3) is 3.74. The second-order valence-electron chi connectivity index (χ2n) is 7.99. The van der Waals surface area contributed by atoms with Gasteiger partial charge in [0, 0.05) is 17.2 Å². The van der Waals surface area contributed by atoms with E-state index in [1.54, 1.807) is 25.1 Å². The Morgan fingerprint density at radius 2 is 2.10 bits per heavy atom. The van der Waals surface area contributed by atoms with E-state index in [2.05, 4.69) is 32.7 Å². The van der Waals surface area contributed by atoms with Crippen molar-refractivity contribution in [3.63, 3.8) is 0 Å². The van der Waals surface area contributed by atoms with Crippen LogP contribution in [0.5, 0.6) is 0 Å². The molecule has 1 amide bonds. The monoisotopic (exact) mass is 421 g/mol. The topological polar surface area (TPSA) is 106 Å². The summed E-state index contributed by atoms with van der Waals surface area (Å²) in [5.74, 6) is 0.788. The number of fused-ring (bicyclic) bond motifs is 1. The van der Waals surface area contributed by atoms with E-state index in [-0.39, 0.29) is 23.8 Å². The number of rotatable bonds is 6. The lowest BCUT2D eigenvalue weighted by atomic mass is 10.1. The first-order valence-corrected chi connectivity index (χ1v) is 9.94. The first-order valence-electron chi connectivity index (χ1n) is 9.94. The molecule has 158 valence electrons. The van der Waals surface area contributed by atoms with Gasteiger partial charge in [-0.05, 0) is 38.8 Å². The minimum absolute atomic E-state index is 0.0205. The molecule has 0 atom stereocenters. The van der Waals surface area contributed by atoms with Gasteiger partial charge < -0.3 is 19.6 Å². The zero-order chi connectivity index (χ0) is 21.6. The van der Waals surface area contributed by atoms with E-state index in [1.807, 2.05) is 0 Å². The largest absolute Gasteiger partial charge is 0.442 e. The van der Waals surface area contributed by atoms with Gasteiger partial charge in [0.2, 0.25) is 5.71 Å². The molecule has 8 nitrogen and oxygen atoms in total. The minimum Gasteiger partial charge on any atom is -0.442 e. The van der Waals surface area contributed by atoms with Gasteiger partial charge in [-0.2, -0.15) is 0 Å². The predicted molar refractivity (Wildman–Crippen MR) is 111 cm³/mol. The minimum atomic E-state index is -0.357. The van der Waals surface area contributed by atoms with Crippen LogP contribution < -0.4 is 10.6 Å². The Kier molecular flexibility index (Phi) is 4.46. The van der Waals surface area contributed by atoms with Crippen LogP contribution >= 0.6 is 0 Å². The summed E-state index contributed by atoms with van der Waals surface area (Å²) < 4.78 is 24.4. The van der Waals surface area contributed by atoms with Crippen molar-refractivity contribution in [2.45, 2.75) is 38.8 Å². The third-order valence-corrected chi connectivity index (χ3v) is 5.41. The summed E-state index contributed by atoms with van der Waals surface area (Å²) in [6.07, 6.45) is 3.50. The van der Waals surface area contributed by atoms with Gasteiger partial charge in [0.25, 0.3) is 5.91 Å². The molecule has 1 aliphatic carbocycles. The lowest BCUT2D eigenvalue weighted by molar-refractivity contribution is 0.0947. The number of furan rings is 1. The number of carbonyl (C=O) groups is 1. The number of hydrogen-bond acceptors (Lipinski definition) is 7. The molecular weight excluding hydrogens is 401 g/mol. The van der Waals surface area contributed by atoms with Crippen LogP contribution in [0.15, 0.2) is 45.6 Å². The van der Waals surface area contributed by atoms with Gasteiger partial charge in [-0.1, -0.05) is 17.3 Å². The van der Waals surface area contributed by atoms with E-state index >= 15 is 0 Å². The van der Waals surface area contributed by atoms with Crippen LogP contribution in [0.4, 0.5) is 10.2 Å². The number of aromatic nitrogens is 3. The van der Waals surface area contributed by atoms with Crippen molar-refractivity contribution < 1.29 is 18.1 Å². The van der Waals surface area contributed by atoms with E-state index in [0.29, 0.717) is 45.3 Å². The molecule has 4 aromatic rings. The molecule has 31 heavy (non-hydrogen) atoms. The highest BCUT2D eigenvalue weighted by atomic mass is 19.1. The quantitative estimate of drug-likeness (QED) is 0.480. The van der Waals surface area contributed by atoms with Gasteiger partial charge in [0.05, 0.1) is 17.5 Å². The summed E-state index contributed by atoms with van der Waals surface area (Å²) in [5, 5.41) is 10.7.